The molecule has 0 unspecified atom stereocenters. The Labute approximate surface area is 204 Å². The second kappa shape index (κ2) is 8.05. The minimum atomic E-state index is -0.448. The van der Waals surface area contributed by atoms with E-state index in [9.17, 15) is 9.59 Å². The highest BCUT2D eigenvalue weighted by molar-refractivity contribution is 6.04. The fraction of sp³-hybridized carbons (Fsp3) is 0.115. The lowest BCUT2D eigenvalue weighted by atomic mass is 10.1. The zero-order chi connectivity index (χ0) is 25.0. The molecule has 0 bridgehead atoms. The van der Waals surface area contributed by atoms with Gasteiger partial charge in [-0.2, -0.15) is 19.9 Å². The molecule has 0 saturated carbocycles. The first-order valence-corrected chi connectivity index (χ1v) is 11.3. The number of hydrogen-bond acceptors (Lipinski definition) is 6. The van der Waals surface area contributed by atoms with Crippen molar-refractivity contribution in [3.05, 3.63) is 93.7 Å². The summed E-state index contributed by atoms with van der Waals surface area (Å²) >= 11 is 0. The van der Waals surface area contributed by atoms with Crippen LogP contribution < -0.4 is 10.9 Å². The van der Waals surface area contributed by atoms with Crippen LogP contribution in [0.4, 0.5) is 5.82 Å². The van der Waals surface area contributed by atoms with Gasteiger partial charge in [0.2, 0.25) is 5.95 Å². The van der Waals surface area contributed by atoms with Gasteiger partial charge in [0.25, 0.3) is 11.5 Å². The fourth-order valence-corrected chi connectivity index (χ4v) is 4.25. The molecule has 6 aromatic rings. The third-order valence-electron chi connectivity index (χ3n) is 5.93. The molecule has 2 N–H and O–H groups in total. The van der Waals surface area contributed by atoms with Crippen LogP contribution in [0.2, 0.25) is 0 Å². The highest BCUT2D eigenvalue weighted by Crippen LogP contribution is 2.23. The molecule has 1 amide bonds. The number of rotatable bonds is 4. The first-order valence-electron chi connectivity index (χ1n) is 11.3. The molecule has 36 heavy (non-hydrogen) atoms. The number of amides is 1. The minimum Gasteiger partial charge on any atom is -0.451 e. The smallest absolute Gasteiger partial charge is 0.292 e. The summed E-state index contributed by atoms with van der Waals surface area (Å²) in [6.07, 6.45) is 1.49. The molecule has 0 fully saturated rings. The maximum atomic E-state index is 13.0. The van der Waals surface area contributed by atoms with Crippen LogP contribution in [-0.2, 0) is 0 Å². The zero-order valence-corrected chi connectivity index (χ0v) is 19.7. The van der Waals surface area contributed by atoms with Gasteiger partial charge in [0.05, 0.1) is 17.6 Å². The van der Waals surface area contributed by atoms with Gasteiger partial charge in [-0.05, 0) is 44.5 Å². The van der Waals surface area contributed by atoms with Crippen molar-refractivity contribution in [2.24, 2.45) is 0 Å². The Morgan fingerprint density at radius 1 is 1.03 bits per heavy atom. The van der Waals surface area contributed by atoms with Crippen LogP contribution in [0.15, 0.2) is 70.0 Å². The summed E-state index contributed by atoms with van der Waals surface area (Å²) in [6, 6.07) is 16.7. The topological polar surface area (TPSA) is 124 Å². The highest BCUT2D eigenvalue weighted by atomic mass is 16.3. The number of furan rings is 1. The number of carbonyl (C=O) groups is 1. The largest absolute Gasteiger partial charge is 0.451 e. The Balaban J connectivity index is 1.42. The van der Waals surface area contributed by atoms with Crippen molar-refractivity contribution in [3.63, 3.8) is 0 Å². The number of nitrogens with one attached hydrogen (secondary N) is 2. The summed E-state index contributed by atoms with van der Waals surface area (Å²) in [4.78, 5) is 33.3. The first kappa shape index (κ1) is 21.5. The first-order chi connectivity index (χ1) is 17.4. The molecule has 4 heterocycles. The fourth-order valence-electron chi connectivity index (χ4n) is 4.25. The van der Waals surface area contributed by atoms with E-state index < -0.39 is 5.91 Å². The van der Waals surface area contributed by atoms with Gasteiger partial charge in [-0.25, -0.2) is 4.68 Å². The number of para-hydroxylation sites is 1. The number of nitrogens with zero attached hydrogens (tertiary/aromatic N) is 5. The molecule has 0 atom stereocenters. The van der Waals surface area contributed by atoms with Gasteiger partial charge in [-0.1, -0.05) is 35.9 Å². The number of benzene rings is 2. The van der Waals surface area contributed by atoms with Gasteiger partial charge >= 0.3 is 0 Å². The molecule has 0 aliphatic rings. The number of H-pyrrole nitrogens is 1. The van der Waals surface area contributed by atoms with Crippen LogP contribution in [0.3, 0.4) is 0 Å². The van der Waals surface area contributed by atoms with Crippen LogP contribution in [0.5, 0.6) is 0 Å². The van der Waals surface area contributed by atoms with Crippen LogP contribution in [0.25, 0.3) is 33.6 Å². The van der Waals surface area contributed by atoms with Crippen molar-refractivity contribution < 1.29 is 9.21 Å². The van der Waals surface area contributed by atoms with E-state index in [1.165, 1.54) is 10.9 Å². The number of aryl methyl sites for hydroxylation is 3. The van der Waals surface area contributed by atoms with E-state index in [2.05, 4.69) is 25.5 Å². The Morgan fingerprint density at radius 3 is 2.67 bits per heavy atom. The SMILES string of the molecule is Cc1ccc(-n2ncc3c(=O)[nH]c(-n4nc(C)cc4NC(=O)c4cc5ccccc5o4)nc32)c(C)c1. The average molecular weight is 480 g/mol. The number of carbonyl (C=O) groups excluding carboxylic acids is 1. The van der Waals surface area contributed by atoms with Crippen molar-refractivity contribution >= 4 is 33.7 Å². The Kier molecular flexibility index (Phi) is 4.82. The van der Waals surface area contributed by atoms with Crippen LogP contribution in [0.1, 0.15) is 27.4 Å². The minimum absolute atomic E-state index is 0.145. The van der Waals surface area contributed by atoms with Crippen LogP contribution in [-0.4, -0.2) is 35.4 Å². The molecule has 2 aromatic carbocycles. The third kappa shape index (κ3) is 3.56. The lowest BCUT2D eigenvalue weighted by Gasteiger charge is -2.10. The molecule has 0 aliphatic carbocycles. The number of fused-ring (bicyclic) bond motifs is 2. The molecule has 6 rings (SSSR count). The molecular weight excluding hydrogens is 458 g/mol. The van der Waals surface area contributed by atoms with Gasteiger partial charge in [0, 0.05) is 11.5 Å². The average Bonchev–Trinajstić information content (AvgIpc) is 3.56. The molecule has 10 nitrogen and oxygen atoms in total. The van der Waals surface area contributed by atoms with Crippen molar-refractivity contribution in [1.82, 2.24) is 29.5 Å². The van der Waals surface area contributed by atoms with Gasteiger partial charge in [0.1, 0.15) is 16.8 Å². The van der Waals surface area contributed by atoms with Crippen LogP contribution in [0, 0.1) is 20.8 Å². The highest BCUT2D eigenvalue weighted by Gasteiger charge is 2.19. The second-order valence-electron chi connectivity index (χ2n) is 8.66. The van der Waals surface area contributed by atoms with Gasteiger partial charge in [-0.3, -0.25) is 14.6 Å². The zero-order valence-electron chi connectivity index (χ0n) is 19.7. The quantitative estimate of drug-likeness (QED) is 0.390. The summed E-state index contributed by atoms with van der Waals surface area (Å²) < 4.78 is 8.69. The number of aromatic amines is 1. The van der Waals surface area contributed by atoms with Crippen LogP contribution >= 0.6 is 0 Å². The van der Waals surface area contributed by atoms with E-state index in [0.717, 1.165) is 22.2 Å². The molecular formula is C26H21N7O3. The lowest BCUT2D eigenvalue weighted by molar-refractivity contribution is 0.0998. The standard InChI is InChI=1S/C26H21N7O3/c1-14-8-9-19(15(2)10-14)32-23-18(13-27-32)24(34)30-26(29-23)33-22(11-16(3)31-33)28-25(35)21-12-17-6-4-5-7-20(17)36-21/h4-13H,1-3H3,(H,28,35)(H,29,30,34). The molecule has 10 heteroatoms. The van der Waals surface area contributed by atoms with Crippen molar-refractivity contribution in [2.45, 2.75) is 20.8 Å². The normalized spacial score (nSPS) is 11.4. The Hall–Kier alpha value is -4.99. The van der Waals surface area contributed by atoms with Gasteiger partial charge < -0.3 is 9.73 Å². The molecule has 4 aromatic heterocycles. The summed E-state index contributed by atoms with van der Waals surface area (Å²) in [5, 5.41) is 12.8. The van der Waals surface area contributed by atoms with Crippen molar-refractivity contribution in [2.75, 3.05) is 5.32 Å². The molecule has 178 valence electrons. The second-order valence-corrected chi connectivity index (χ2v) is 8.66. The van der Waals surface area contributed by atoms with E-state index in [4.69, 9.17) is 4.42 Å². The van der Waals surface area contributed by atoms with Gasteiger partial charge in [0.15, 0.2) is 11.4 Å². The summed E-state index contributed by atoms with van der Waals surface area (Å²) in [5.41, 5.74) is 4.18. The predicted molar refractivity (Wildman–Crippen MR) is 135 cm³/mol. The summed E-state index contributed by atoms with van der Waals surface area (Å²) in [7, 11) is 0. The van der Waals surface area contributed by atoms with Crippen molar-refractivity contribution in [1.29, 1.82) is 0 Å². The Morgan fingerprint density at radius 2 is 1.86 bits per heavy atom. The monoisotopic (exact) mass is 479 g/mol. The van der Waals surface area contributed by atoms with E-state index in [0.29, 0.717) is 28.1 Å². The summed E-state index contributed by atoms with van der Waals surface area (Å²) in [5.74, 6) is 0.188. The maximum Gasteiger partial charge on any atom is 0.292 e. The number of aromatic nitrogens is 6. The molecule has 0 spiro atoms. The van der Waals surface area contributed by atoms with E-state index in [1.54, 1.807) is 29.8 Å². The lowest BCUT2D eigenvalue weighted by Crippen LogP contribution is -2.19. The summed E-state index contributed by atoms with van der Waals surface area (Å²) in [6.45, 7) is 5.77. The predicted octanol–water partition coefficient (Wildman–Crippen LogP) is 4.22. The van der Waals surface area contributed by atoms with E-state index in [-0.39, 0.29) is 17.3 Å². The number of anilines is 1. The maximum absolute atomic E-state index is 13.0. The van der Waals surface area contributed by atoms with E-state index in [1.807, 2.05) is 50.2 Å². The number of hydrogen-bond donors (Lipinski definition) is 2. The molecule has 0 saturated heterocycles. The van der Waals surface area contributed by atoms with Gasteiger partial charge in [-0.15, -0.1) is 0 Å². The Bertz CT molecular complexity index is 1820. The van der Waals surface area contributed by atoms with E-state index >= 15 is 0 Å². The van der Waals surface area contributed by atoms with Crippen molar-refractivity contribution in [3.8, 4) is 11.6 Å². The molecule has 0 radical (unpaired) electrons. The third-order valence-corrected chi connectivity index (χ3v) is 5.93. The molecule has 0 aliphatic heterocycles.